The van der Waals surface area contributed by atoms with Crippen LogP contribution in [0.15, 0.2) is 18.2 Å². The van der Waals surface area contributed by atoms with Crippen molar-refractivity contribution in [2.45, 2.75) is 39.2 Å². The van der Waals surface area contributed by atoms with Crippen molar-refractivity contribution in [2.75, 3.05) is 16.6 Å². The molecule has 112 valence electrons. The molecule has 0 aliphatic rings. The van der Waals surface area contributed by atoms with Gasteiger partial charge in [-0.05, 0) is 51.3 Å². The first-order valence-corrected chi connectivity index (χ1v) is 6.92. The number of hydrogen-bond donors (Lipinski definition) is 3. The molecule has 0 heterocycles. The lowest BCUT2D eigenvalue weighted by Gasteiger charge is -2.26. The van der Waals surface area contributed by atoms with Crippen LogP contribution in [0.1, 0.15) is 32.3 Å². The highest BCUT2D eigenvalue weighted by molar-refractivity contribution is 7.81. The third-order valence-corrected chi connectivity index (χ3v) is 3.41. The van der Waals surface area contributed by atoms with Gasteiger partial charge in [-0.2, -0.15) is 0 Å². The standard InChI is InChI=1S/C14H23N3O2S/c1-10-5-6-11(15)12(9-10)17(20)8-4-7-14(2,3)19-13(16)18/h5-6,9,20H,4,7-8,15H2,1-3H3,(H2,16,18). The third-order valence-electron chi connectivity index (χ3n) is 2.99. The molecular formula is C14H23N3O2S. The summed E-state index contributed by atoms with van der Waals surface area (Å²) >= 11 is 4.46. The number of benzene rings is 1. The Balaban J connectivity index is 2.53. The predicted octanol–water partition coefficient (Wildman–Crippen LogP) is 2.88. The number of nitrogens with zero attached hydrogens (tertiary/aromatic N) is 1. The number of ether oxygens (including phenoxy) is 1. The Morgan fingerprint density at radius 1 is 1.45 bits per heavy atom. The first-order chi connectivity index (χ1) is 9.21. The molecular weight excluding hydrogens is 274 g/mol. The molecule has 0 bridgehead atoms. The van der Waals surface area contributed by atoms with Crippen LogP contribution in [0.4, 0.5) is 16.2 Å². The first kappa shape index (κ1) is 16.5. The highest BCUT2D eigenvalue weighted by Crippen LogP contribution is 2.27. The molecule has 0 aliphatic carbocycles. The summed E-state index contributed by atoms with van der Waals surface area (Å²) in [7, 11) is 0. The monoisotopic (exact) mass is 297 g/mol. The van der Waals surface area contributed by atoms with Gasteiger partial charge >= 0.3 is 6.09 Å². The van der Waals surface area contributed by atoms with Crippen LogP contribution in [0.5, 0.6) is 0 Å². The van der Waals surface area contributed by atoms with Crippen LogP contribution in [-0.2, 0) is 4.74 Å². The molecule has 0 radical (unpaired) electrons. The summed E-state index contributed by atoms with van der Waals surface area (Å²) in [5.74, 6) is 0. The fraction of sp³-hybridized carbons (Fsp3) is 0.500. The lowest BCUT2D eigenvalue weighted by atomic mass is 10.0. The highest BCUT2D eigenvalue weighted by atomic mass is 32.1. The Bertz CT molecular complexity index is 477. The van der Waals surface area contributed by atoms with Gasteiger partial charge in [0.1, 0.15) is 5.60 Å². The maximum atomic E-state index is 10.8. The van der Waals surface area contributed by atoms with Gasteiger partial charge in [0, 0.05) is 6.54 Å². The summed E-state index contributed by atoms with van der Waals surface area (Å²) in [5.41, 5.74) is 13.1. The topological polar surface area (TPSA) is 81.6 Å². The SMILES string of the molecule is Cc1ccc(N)c(N(S)CCCC(C)(C)OC(N)=O)c1. The molecule has 1 amide bonds. The molecule has 0 atom stereocenters. The normalized spacial score (nSPS) is 11.2. The van der Waals surface area contributed by atoms with Gasteiger partial charge in [-0.1, -0.05) is 18.9 Å². The van der Waals surface area contributed by atoms with Crippen LogP contribution >= 0.6 is 12.8 Å². The summed E-state index contributed by atoms with van der Waals surface area (Å²) in [6.45, 7) is 6.37. The molecule has 1 aromatic carbocycles. The van der Waals surface area contributed by atoms with E-state index >= 15 is 0 Å². The summed E-state index contributed by atoms with van der Waals surface area (Å²) in [6, 6.07) is 5.83. The highest BCUT2D eigenvalue weighted by Gasteiger charge is 2.21. The molecule has 1 aromatic rings. The Labute approximate surface area is 125 Å². The van der Waals surface area contributed by atoms with Crippen molar-refractivity contribution < 1.29 is 9.53 Å². The lowest BCUT2D eigenvalue weighted by molar-refractivity contribution is 0.0383. The molecule has 1 rings (SSSR count). The second kappa shape index (κ2) is 6.74. The van der Waals surface area contributed by atoms with Crippen LogP contribution in [0.3, 0.4) is 0 Å². The molecule has 6 heteroatoms. The van der Waals surface area contributed by atoms with Crippen LogP contribution in [0.25, 0.3) is 0 Å². The van der Waals surface area contributed by atoms with Crippen LogP contribution in [0.2, 0.25) is 0 Å². The van der Waals surface area contributed by atoms with Crippen molar-refractivity contribution >= 4 is 30.3 Å². The van der Waals surface area contributed by atoms with E-state index in [2.05, 4.69) is 12.8 Å². The van der Waals surface area contributed by atoms with Crippen molar-refractivity contribution in [3.05, 3.63) is 23.8 Å². The van der Waals surface area contributed by atoms with E-state index in [1.54, 1.807) is 0 Å². The zero-order valence-corrected chi connectivity index (χ0v) is 13.1. The fourth-order valence-electron chi connectivity index (χ4n) is 1.98. The summed E-state index contributed by atoms with van der Waals surface area (Å²) in [6.07, 6.45) is 0.747. The summed E-state index contributed by atoms with van der Waals surface area (Å²) in [4.78, 5) is 10.8. The number of primary amides is 1. The molecule has 0 saturated heterocycles. The van der Waals surface area contributed by atoms with Crippen LogP contribution in [0, 0.1) is 6.92 Å². The molecule has 0 spiro atoms. The van der Waals surface area contributed by atoms with E-state index < -0.39 is 11.7 Å². The Morgan fingerprint density at radius 3 is 2.70 bits per heavy atom. The van der Waals surface area contributed by atoms with Gasteiger partial charge in [0.15, 0.2) is 0 Å². The molecule has 4 N–H and O–H groups in total. The molecule has 20 heavy (non-hydrogen) atoms. The molecule has 5 nitrogen and oxygen atoms in total. The number of amides is 1. The van der Waals surface area contributed by atoms with Crippen LogP contribution in [-0.4, -0.2) is 18.2 Å². The quantitative estimate of drug-likeness (QED) is 0.557. The molecule has 0 fully saturated rings. The largest absolute Gasteiger partial charge is 0.444 e. The van der Waals surface area contributed by atoms with Crippen molar-refractivity contribution in [3.63, 3.8) is 0 Å². The summed E-state index contributed by atoms with van der Waals surface area (Å²) in [5, 5.41) is 0. The van der Waals surface area contributed by atoms with Gasteiger partial charge in [0.05, 0.1) is 11.4 Å². The maximum absolute atomic E-state index is 10.8. The van der Waals surface area contributed by atoms with Gasteiger partial charge in [0.2, 0.25) is 0 Å². The molecule has 0 aliphatic heterocycles. The minimum absolute atomic E-state index is 0.571. The predicted molar refractivity (Wildman–Crippen MR) is 85.9 cm³/mol. The van der Waals surface area contributed by atoms with Gasteiger partial charge in [-0.25, -0.2) is 4.79 Å². The molecule has 0 saturated carbocycles. The van der Waals surface area contributed by atoms with Crippen molar-refractivity contribution in [3.8, 4) is 0 Å². The second-order valence-electron chi connectivity index (χ2n) is 5.47. The third kappa shape index (κ3) is 5.21. The number of rotatable bonds is 6. The van der Waals surface area contributed by atoms with E-state index in [0.717, 1.165) is 17.7 Å². The average molecular weight is 297 g/mol. The van der Waals surface area contributed by atoms with Crippen molar-refractivity contribution in [2.24, 2.45) is 5.73 Å². The van der Waals surface area contributed by atoms with E-state index in [-0.39, 0.29) is 0 Å². The zero-order chi connectivity index (χ0) is 15.3. The number of anilines is 2. The van der Waals surface area contributed by atoms with Crippen molar-refractivity contribution in [1.82, 2.24) is 0 Å². The van der Waals surface area contributed by atoms with Gasteiger partial charge in [0.25, 0.3) is 0 Å². The Kier molecular flexibility index (Phi) is 5.56. The van der Waals surface area contributed by atoms with E-state index in [1.807, 2.05) is 43.3 Å². The number of thiol groups is 1. The maximum Gasteiger partial charge on any atom is 0.405 e. The number of hydrogen-bond acceptors (Lipinski definition) is 5. The summed E-state index contributed by atoms with van der Waals surface area (Å²) < 4.78 is 6.85. The Hall–Kier alpha value is -1.56. The van der Waals surface area contributed by atoms with Crippen LogP contribution < -0.4 is 15.8 Å². The number of nitrogen functional groups attached to an aromatic ring is 1. The molecule has 0 aromatic heterocycles. The number of aryl methyl sites for hydroxylation is 1. The number of carbonyl (C=O) groups is 1. The average Bonchev–Trinajstić information content (AvgIpc) is 2.30. The van der Waals surface area contributed by atoms with Gasteiger partial charge in [-0.3, -0.25) is 0 Å². The number of nitrogens with two attached hydrogens (primary N) is 2. The lowest BCUT2D eigenvalue weighted by Crippen LogP contribution is -2.31. The number of carbonyl (C=O) groups excluding carboxylic acids is 1. The minimum Gasteiger partial charge on any atom is -0.444 e. The van der Waals surface area contributed by atoms with E-state index in [1.165, 1.54) is 0 Å². The van der Waals surface area contributed by atoms with Gasteiger partial charge in [-0.15, -0.1) is 0 Å². The van der Waals surface area contributed by atoms with E-state index in [0.29, 0.717) is 18.7 Å². The molecule has 0 unspecified atom stereocenters. The fourth-order valence-corrected chi connectivity index (χ4v) is 2.29. The minimum atomic E-state index is -0.749. The van der Waals surface area contributed by atoms with Gasteiger partial charge < -0.3 is 20.5 Å². The van der Waals surface area contributed by atoms with Crippen molar-refractivity contribution in [1.29, 1.82) is 0 Å². The smallest absolute Gasteiger partial charge is 0.405 e. The van der Waals surface area contributed by atoms with E-state index in [9.17, 15) is 4.79 Å². The first-order valence-electron chi connectivity index (χ1n) is 6.52. The second-order valence-corrected chi connectivity index (χ2v) is 5.95. The zero-order valence-electron chi connectivity index (χ0n) is 12.2. The van der Waals surface area contributed by atoms with E-state index in [4.69, 9.17) is 16.2 Å². The Morgan fingerprint density at radius 2 is 2.10 bits per heavy atom.